The van der Waals surface area contributed by atoms with Crippen LogP contribution in [0.1, 0.15) is 15.9 Å². The highest BCUT2D eigenvalue weighted by Gasteiger charge is 2.32. The number of pyridine rings is 1. The zero-order valence-corrected chi connectivity index (χ0v) is 18.6. The third kappa shape index (κ3) is 4.19. The maximum absolute atomic E-state index is 13.3. The number of aryl methyl sites for hydroxylation is 1. The lowest BCUT2D eigenvalue weighted by Crippen LogP contribution is -2.38. The number of amides is 1. The summed E-state index contributed by atoms with van der Waals surface area (Å²) in [7, 11) is -3.87. The zero-order chi connectivity index (χ0) is 22.2. The molecule has 1 amide bonds. The molecule has 1 aliphatic rings. The molecule has 3 aromatic rings. The highest BCUT2D eigenvalue weighted by atomic mass is 35.5. The van der Waals surface area contributed by atoms with Gasteiger partial charge in [0.25, 0.3) is 15.9 Å². The van der Waals surface area contributed by atoms with Crippen molar-refractivity contribution in [3.63, 3.8) is 0 Å². The molecule has 1 N–H and O–H groups in total. The topological polar surface area (TPSA) is 88.6 Å². The quantitative estimate of drug-likeness (QED) is 0.595. The van der Waals surface area contributed by atoms with Crippen LogP contribution in [0.5, 0.6) is 5.75 Å². The van der Waals surface area contributed by atoms with E-state index in [9.17, 15) is 13.2 Å². The van der Waals surface area contributed by atoms with Gasteiger partial charge in [-0.05, 0) is 48.9 Å². The molecule has 2 heterocycles. The molecule has 2 aromatic carbocycles. The fraction of sp³-hybridized carbons (Fsp3) is 0.143. The van der Waals surface area contributed by atoms with Gasteiger partial charge in [0, 0.05) is 0 Å². The summed E-state index contributed by atoms with van der Waals surface area (Å²) >= 11 is 12.2. The molecule has 0 saturated heterocycles. The van der Waals surface area contributed by atoms with Crippen LogP contribution in [0.4, 0.5) is 11.6 Å². The molecule has 0 unspecified atom stereocenters. The molecule has 4 rings (SSSR count). The number of halogens is 2. The van der Waals surface area contributed by atoms with Crippen LogP contribution >= 0.6 is 23.2 Å². The number of hydrogen-bond acceptors (Lipinski definition) is 5. The summed E-state index contributed by atoms with van der Waals surface area (Å²) in [6.45, 7) is 2.09. The van der Waals surface area contributed by atoms with Gasteiger partial charge >= 0.3 is 0 Å². The first-order chi connectivity index (χ1) is 14.8. The minimum Gasteiger partial charge on any atom is -0.488 e. The van der Waals surface area contributed by atoms with E-state index in [-0.39, 0.29) is 45.3 Å². The number of fused-ring (bicyclic) bond motifs is 1. The fourth-order valence-corrected chi connectivity index (χ4v) is 5.25. The zero-order valence-electron chi connectivity index (χ0n) is 16.3. The lowest BCUT2D eigenvalue weighted by molar-refractivity contribution is 0.102. The van der Waals surface area contributed by atoms with Crippen LogP contribution in [-0.2, 0) is 10.0 Å². The van der Waals surface area contributed by atoms with Crippen molar-refractivity contribution >= 4 is 50.8 Å². The Kier molecular flexibility index (Phi) is 5.79. The molecule has 0 bridgehead atoms. The van der Waals surface area contributed by atoms with E-state index in [0.717, 1.165) is 5.56 Å². The number of sulfonamides is 1. The number of ether oxygens (including phenoxy) is 1. The summed E-state index contributed by atoms with van der Waals surface area (Å²) in [5.74, 6) is -0.0328. The second-order valence-corrected chi connectivity index (χ2v) is 9.49. The van der Waals surface area contributed by atoms with Crippen molar-refractivity contribution in [3.8, 4) is 5.75 Å². The van der Waals surface area contributed by atoms with Crippen LogP contribution < -0.4 is 14.4 Å². The van der Waals surface area contributed by atoms with Crippen molar-refractivity contribution in [2.24, 2.45) is 0 Å². The van der Waals surface area contributed by atoms with E-state index in [4.69, 9.17) is 27.9 Å². The van der Waals surface area contributed by atoms with Gasteiger partial charge in [-0.25, -0.2) is 17.7 Å². The number of benzene rings is 2. The number of nitrogens with one attached hydrogen (secondary N) is 1. The Hall–Kier alpha value is -2.81. The van der Waals surface area contributed by atoms with E-state index in [1.54, 1.807) is 36.4 Å². The van der Waals surface area contributed by atoms with E-state index in [1.807, 2.05) is 13.0 Å². The number of aromatic nitrogens is 1. The van der Waals surface area contributed by atoms with Gasteiger partial charge in [0.05, 0.1) is 27.0 Å². The average molecular weight is 478 g/mol. The summed E-state index contributed by atoms with van der Waals surface area (Å²) < 4.78 is 33.3. The third-order valence-corrected chi connectivity index (χ3v) is 7.05. The van der Waals surface area contributed by atoms with Crippen LogP contribution in [0, 0.1) is 6.92 Å². The Bertz CT molecular complexity index is 1260. The summed E-state index contributed by atoms with van der Waals surface area (Å²) in [6, 6.07) is 14.4. The van der Waals surface area contributed by atoms with Crippen molar-refractivity contribution < 1.29 is 17.9 Å². The van der Waals surface area contributed by atoms with E-state index in [1.165, 1.54) is 16.4 Å². The molecule has 7 nitrogen and oxygen atoms in total. The summed E-state index contributed by atoms with van der Waals surface area (Å²) in [5, 5.41) is 2.99. The van der Waals surface area contributed by atoms with E-state index in [2.05, 4.69) is 10.3 Å². The van der Waals surface area contributed by atoms with Crippen LogP contribution in [0.15, 0.2) is 59.5 Å². The highest BCUT2D eigenvalue weighted by Crippen LogP contribution is 2.35. The van der Waals surface area contributed by atoms with Crippen molar-refractivity contribution in [2.45, 2.75) is 11.8 Å². The van der Waals surface area contributed by atoms with Gasteiger partial charge in [0.1, 0.15) is 12.4 Å². The van der Waals surface area contributed by atoms with Crippen molar-refractivity contribution in [2.75, 3.05) is 22.8 Å². The van der Waals surface area contributed by atoms with Crippen molar-refractivity contribution in [3.05, 3.63) is 75.8 Å². The van der Waals surface area contributed by atoms with Gasteiger partial charge in [0.15, 0.2) is 11.6 Å². The molecule has 0 fully saturated rings. The number of anilines is 2. The van der Waals surface area contributed by atoms with Crippen LogP contribution in [0.25, 0.3) is 0 Å². The molecular formula is C21H17Cl2N3O4S. The predicted octanol–water partition coefficient (Wildman–Crippen LogP) is 4.54. The molecule has 1 aromatic heterocycles. The van der Waals surface area contributed by atoms with Crippen molar-refractivity contribution in [1.82, 2.24) is 4.98 Å². The molecule has 31 heavy (non-hydrogen) atoms. The normalized spacial score (nSPS) is 13.3. The SMILES string of the molecule is Cc1cccc(S(=O)(=O)N2CCOc3ccc(NC(=O)c4c(Cl)cccc4Cl)nc32)c1. The third-order valence-electron chi connectivity index (χ3n) is 4.64. The van der Waals surface area contributed by atoms with E-state index in [0.29, 0.717) is 5.75 Å². The number of carbonyl (C=O) groups excluding carboxylic acids is 1. The minimum atomic E-state index is -3.87. The first-order valence-electron chi connectivity index (χ1n) is 9.26. The second-order valence-electron chi connectivity index (χ2n) is 6.81. The molecule has 0 atom stereocenters. The molecule has 0 radical (unpaired) electrons. The number of hydrogen-bond donors (Lipinski definition) is 1. The second kappa shape index (κ2) is 8.37. The van der Waals surface area contributed by atoms with Gasteiger partial charge < -0.3 is 10.1 Å². The number of carbonyl (C=O) groups is 1. The van der Waals surface area contributed by atoms with Gasteiger partial charge in [-0.2, -0.15) is 0 Å². The maximum atomic E-state index is 13.3. The maximum Gasteiger partial charge on any atom is 0.265 e. The van der Waals surface area contributed by atoms with Gasteiger partial charge in [-0.15, -0.1) is 0 Å². The molecule has 160 valence electrons. The lowest BCUT2D eigenvalue weighted by atomic mass is 10.2. The summed E-state index contributed by atoms with van der Waals surface area (Å²) in [6.07, 6.45) is 0. The number of nitrogens with zero attached hydrogens (tertiary/aromatic N) is 2. The average Bonchev–Trinajstić information content (AvgIpc) is 2.73. The van der Waals surface area contributed by atoms with Gasteiger partial charge in [-0.3, -0.25) is 4.79 Å². The Morgan fingerprint density at radius 3 is 2.52 bits per heavy atom. The smallest absolute Gasteiger partial charge is 0.265 e. The van der Waals surface area contributed by atoms with Crippen molar-refractivity contribution in [1.29, 1.82) is 0 Å². The molecule has 0 aliphatic carbocycles. The fourth-order valence-electron chi connectivity index (χ4n) is 3.17. The molecule has 10 heteroatoms. The van der Waals surface area contributed by atoms with E-state index >= 15 is 0 Å². The van der Waals surface area contributed by atoms with Crippen LogP contribution in [0.3, 0.4) is 0 Å². The number of rotatable bonds is 4. The highest BCUT2D eigenvalue weighted by molar-refractivity contribution is 7.92. The Morgan fingerprint density at radius 1 is 1.10 bits per heavy atom. The van der Waals surface area contributed by atoms with Gasteiger partial charge in [0.2, 0.25) is 0 Å². The minimum absolute atomic E-state index is 0.0873. The standard InChI is InChI=1S/C21H17Cl2N3O4S/c1-13-4-2-5-14(12-13)31(28,29)26-10-11-30-17-8-9-18(24-20(17)26)25-21(27)19-15(22)6-3-7-16(19)23/h2-9,12H,10-11H2,1H3,(H,24,25,27). The molecular weight excluding hydrogens is 461 g/mol. The van der Waals surface area contributed by atoms with Crippen LogP contribution in [-0.4, -0.2) is 32.5 Å². The molecule has 1 aliphatic heterocycles. The van der Waals surface area contributed by atoms with Gasteiger partial charge in [-0.1, -0.05) is 41.4 Å². The van der Waals surface area contributed by atoms with E-state index < -0.39 is 15.9 Å². The summed E-state index contributed by atoms with van der Waals surface area (Å²) in [4.78, 5) is 17.2. The molecule has 0 saturated carbocycles. The monoisotopic (exact) mass is 477 g/mol. The molecule has 0 spiro atoms. The summed E-state index contributed by atoms with van der Waals surface area (Å²) in [5.41, 5.74) is 0.922. The first-order valence-corrected chi connectivity index (χ1v) is 11.5. The first kappa shape index (κ1) is 21.4. The Labute approximate surface area is 189 Å². The Morgan fingerprint density at radius 2 is 1.81 bits per heavy atom. The van der Waals surface area contributed by atoms with Crippen LogP contribution in [0.2, 0.25) is 10.0 Å². The predicted molar refractivity (Wildman–Crippen MR) is 120 cm³/mol. The Balaban J connectivity index is 1.69. The lowest BCUT2D eigenvalue weighted by Gasteiger charge is -2.29. The largest absolute Gasteiger partial charge is 0.488 e.